The van der Waals surface area contributed by atoms with Crippen molar-refractivity contribution in [2.24, 2.45) is 0 Å². The maximum atomic E-state index is 13.1. The van der Waals surface area contributed by atoms with E-state index in [0.717, 1.165) is 0 Å². The Morgan fingerprint density at radius 3 is 2.26 bits per heavy atom. The van der Waals surface area contributed by atoms with Gasteiger partial charge < -0.3 is 43.1 Å². The van der Waals surface area contributed by atoms with E-state index in [2.05, 4.69) is 0 Å². The number of methoxy groups -OCH3 is 4. The van der Waals surface area contributed by atoms with E-state index in [1.807, 2.05) is 0 Å². The first kappa shape index (κ1) is 25.1. The third kappa shape index (κ3) is 4.18. The van der Waals surface area contributed by atoms with Crippen LogP contribution in [0.25, 0.3) is 22.3 Å². The quantitative estimate of drug-likeness (QED) is 0.367. The van der Waals surface area contributed by atoms with E-state index < -0.39 is 23.4 Å². The summed E-state index contributed by atoms with van der Waals surface area (Å²) in [6.07, 6.45) is -1.38. The lowest BCUT2D eigenvalue weighted by Gasteiger charge is -2.33. The zero-order valence-electron chi connectivity index (χ0n) is 21.1. The summed E-state index contributed by atoms with van der Waals surface area (Å²) < 4.78 is 39.6. The third-order valence-corrected chi connectivity index (χ3v) is 6.36. The molecular weight excluding hydrogens is 496 g/mol. The molecule has 3 aromatic carbocycles. The topological polar surface area (TPSA) is 126 Å². The second kappa shape index (κ2) is 10.1. The largest absolute Gasteiger partial charge is 0.502 e. The van der Waals surface area contributed by atoms with Crippen LogP contribution in [0.3, 0.4) is 0 Å². The summed E-state index contributed by atoms with van der Waals surface area (Å²) in [5.74, 6) is 1.75. The number of rotatable bonds is 7. The molecule has 2 atom stereocenters. The van der Waals surface area contributed by atoms with Crippen molar-refractivity contribution in [3.05, 3.63) is 64.3 Å². The van der Waals surface area contributed by atoms with Gasteiger partial charge in [0, 0.05) is 23.3 Å². The first-order valence-corrected chi connectivity index (χ1v) is 11.6. The monoisotopic (exact) mass is 522 g/mol. The van der Waals surface area contributed by atoms with E-state index in [1.54, 1.807) is 49.6 Å². The molecule has 198 valence electrons. The van der Waals surface area contributed by atoms with Crippen LogP contribution in [0.1, 0.15) is 11.7 Å². The van der Waals surface area contributed by atoms with Gasteiger partial charge in [-0.3, -0.25) is 4.79 Å². The lowest BCUT2D eigenvalue weighted by Crippen LogP contribution is -2.36. The first-order valence-electron chi connectivity index (χ1n) is 11.6. The minimum absolute atomic E-state index is 0.0591. The van der Waals surface area contributed by atoms with Crippen LogP contribution in [0.4, 0.5) is 0 Å². The smallest absolute Gasteiger partial charge is 0.238 e. The van der Waals surface area contributed by atoms with Crippen LogP contribution in [-0.2, 0) is 0 Å². The summed E-state index contributed by atoms with van der Waals surface area (Å²) >= 11 is 0. The molecule has 0 spiro atoms. The molecule has 0 bridgehead atoms. The molecule has 2 N–H and O–H groups in total. The van der Waals surface area contributed by atoms with Crippen molar-refractivity contribution in [3.63, 3.8) is 0 Å². The number of aliphatic hydroxyl groups is 1. The first-order chi connectivity index (χ1) is 18.4. The molecule has 38 heavy (non-hydrogen) atoms. The van der Waals surface area contributed by atoms with E-state index in [-0.39, 0.29) is 29.1 Å². The minimum Gasteiger partial charge on any atom is -0.502 e. The van der Waals surface area contributed by atoms with Crippen LogP contribution in [0.2, 0.25) is 0 Å². The van der Waals surface area contributed by atoms with E-state index in [1.165, 1.54) is 27.4 Å². The third-order valence-electron chi connectivity index (χ3n) is 6.36. The van der Waals surface area contributed by atoms with Crippen molar-refractivity contribution in [2.45, 2.75) is 12.2 Å². The van der Waals surface area contributed by atoms with Crippen molar-refractivity contribution in [1.82, 2.24) is 0 Å². The predicted molar refractivity (Wildman–Crippen MR) is 137 cm³/mol. The molecule has 1 aliphatic rings. The molecule has 1 aliphatic heterocycles. The Hall–Kier alpha value is -4.57. The van der Waals surface area contributed by atoms with Gasteiger partial charge in [-0.1, -0.05) is 6.07 Å². The highest BCUT2D eigenvalue weighted by atomic mass is 16.6. The maximum absolute atomic E-state index is 13.1. The summed E-state index contributed by atoms with van der Waals surface area (Å²) in [6.45, 7) is -0.301. The fourth-order valence-corrected chi connectivity index (χ4v) is 4.45. The molecule has 0 aliphatic carbocycles. The van der Waals surface area contributed by atoms with Crippen molar-refractivity contribution in [3.8, 4) is 51.6 Å². The predicted octanol–water partition coefficient (Wildman–Crippen LogP) is 4.07. The zero-order valence-corrected chi connectivity index (χ0v) is 21.1. The molecular formula is C28H26O10. The van der Waals surface area contributed by atoms with Crippen LogP contribution in [-0.4, -0.2) is 51.4 Å². The number of aromatic hydroxyl groups is 1. The van der Waals surface area contributed by atoms with Crippen LogP contribution in [0.5, 0.6) is 40.2 Å². The Kier molecular flexibility index (Phi) is 6.64. The minimum atomic E-state index is -0.696. The fourth-order valence-electron chi connectivity index (χ4n) is 4.45. The van der Waals surface area contributed by atoms with E-state index in [9.17, 15) is 15.0 Å². The summed E-state index contributed by atoms with van der Waals surface area (Å²) in [7, 11) is 5.96. The molecule has 5 rings (SSSR count). The van der Waals surface area contributed by atoms with Crippen molar-refractivity contribution in [2.75, 3.05) is 35.0 Å². The highest BCUT2D eigenvalue weighted by molar-refractivity contribution is 5.88. The number of benzene rings is 3. The normalized spacial score (nSPS) is 16.2. The number of hydrogen-bond acceptors (Lipinski definition) is 10. The molecule has 0 saturated carbocycles. The molecule has 0 radical (unpaired) electrons. The van der Waals surface area contributed by atoms with Gasteiger partial charge in [0.1, 0.15) is 22.5 Å². The van der Waals surface area contributed by atoms with Crippen molar-refractivity contribution >= 4 is 11.0 Å². The summed E-state index contributed by atoms with van der Waals surface area (Å²) in [6, 6.07) is 13.2. The Morgan fingerprint density at radius 1 is 0.816 bits per heavy atom. The molecule has 10 heteroatoms. The van der Waals surface area contributed by atoms with Crippen molar-refractivity contribution in [1.29, 1.82) is 0 Å². The number of fused-ring (bicyclic) bond motifs is 2. The lowest BCUT2D eigenvalue weighted by molar-refractivity contribution is -0.0123. The molecule has 2 unspecified atom stereocenters. The molecule has 10 nitrogen and oxygen atoms in total. The molecule has 1 aromatic heterocycles. The Labute approximate surface area is 217 Å². The lowest BCUT2D eigenvalue weighted by atomic mass is 10.0. The van der Waals surface area contributed by atoms with E-state index in [4.69, 9.17) is 32.8 Å². The summed E-state index contributed by atoms with van der Waals surface area (Å²) in [5.41, 5.74) is 0.591. The number of hydrogen-bond donors (Lipinski definition) is 2. The number of ether oxygens (including phenoxy) is 6. The summed E-state index contributed by atoms with van der Waals surface area (Å²) in [4.78, 5) is 13.1. The van der Waals surface area contributed by atoms with Crippen LogP contribution < -0.4 is 33.8 Å². The van der Waals surface area contributed by atoms with Gasteiger partial charge in [-0.25, -0.2) is 0 Å². The Balaban J connectivity index is 1.59. The van der Waals surface area contributed by atoms with Gasteiger partial charge >= 0.3 is 0 Å². The second-order valence-electron chi connectivity index (χ2n) is 8.46. The molecule has 4 aromatic rings. The maximum Gasteiger partial charge on any atom is 0.238 e. The second-order valence-corrected chi connectivity index (χ2v) is 8.46. The Bertz CT molecular complexity index is 1560. The average molecular weight is 523 g/mol. The molecule has 2 heterocycles. The van der Waals surface area contributed by atoms with Crippen molar-refractivity contribution < 1.29 is 43.1 Å². The SMILES string of the molecule is COc1cc(OC)c2c(=O)c(O)c(-c3ccc4c(c3)OC(c3ccc(OC)c(OC)c3)C(CO)O4)oc2c1. The van der Waals surface area contributed by atoms with Gasteiger partial charge in [0.25, 0.3) is 0 Å². The standard InChI is InChI=1S/C28H26O10/c1-32-16-11-21(35-4)24-22(12-16)38-28(26(31)25(24)30)15-6-8-18-20(10-15)37-27(23(13-29)36-18)14-5-7-17(33-2)19(9-14)34-3/h5-12,23,27,29,31H,13H2,1-4H3. The highest BCUT2D eigenvalue weighted by Crippen LogP contribution is 2.44. The van der Waals surface area contributed by atoms with Crippen LogP contribution in [0, 0.1) is 0 Å². The van der Waals surface area contributed by atoms with E-state index >= 15 is 0 Å². The van der Waals surface area contributed by atoms with Gasteiger partial charge in [-0.05, 0) is 30.3 Å². The van der Waals surface area contributed by atoms with Gasteiger partial charge in [0.05, 0.1) is 35.0 Å². The summed E-state index contributed by atoms with van der Waals surface area (Å²) in [5, 5.41) is 20.9. The zero-order chi connectivity index (χ0) is 27.0. The van der Waals surface area contributed by atoms with Gasteiger partial charge in [-0.15, -0.1) is 0 Å². The molecule has 0 fully saturated rings. The highest BCUT2D eigenvalue weighted by Gasteiger charge is 2.34. The van der Waals surface area contributed by atoms with Crippen LogP contribution >= 0.6 is 0 Å². The average Bonchev–Trinajstić information content (AvgIpc) is 2.96. The van der Waals surface area contributed by atoms with Gasteiger partial charge in [-0.2, -0.15) is 0 Å². The molecule has 0 amide bonds. The van der Waals surface area contributed by atoms with Crippen LogP contribution in [0.15, 0.2) is 57.7 Å². The number of aliphatic hydroxyl groups excluding tert-OH is 1. The molecule has 0 saturated heterocycles. The van der Waals surface area contributed by atoms with Gasteiger partial charge in [0.15, 0.2) is 41.0 Å². The van der Waals surface area contributed by atoms with Gasteiger partial charge in [0.2, 0.25) is 11.2 Å². The fraction of sp³-hybridized carbons (Fsp3) is 0.250. The Morgan fingerprint density at radius 2 is 1.58 bits per heavy atom. The van der Waals surface area contributed by atoms with E-state index in [0.29, 0.717) is 39.9 Å².